The van der Waals surface area contributed by atoms with E-state index in [0.717, 1.165) is 25.7 Å². The fraction of sp³-hybridized carbons (Fsp3) is 0.760. The van der Waals surface area contributed by atoms with Gasteiger partial charge < -0.3 is 14.6 Å². The molecule has 30 heavy (non-hydrogen) atoms. The largest absolute Gasteiger partial charge is 0.462 e. The first-order valence-electron chi connectivity index (χ1n) is 11.6. The Morgan fingerprint density at radius 3 is 2.67 bits per heavy atom. The van der Waals surface area contributed by atoms with Crippen molar-refractivity contribution < 1.29 is 24.2 Å². The van der Waals surface area contributed by atoms with E-state index in [2.05, 4.69) is 32.1 Å². The average molecular weight is 419 g/mol. The Bertz CT molecular complexity index is 706. The van der Waals surface area contributed by atoms with Crippen LogP contribution in [0.1, 0.15) is 73.1 Å². The summed E-state index contributed by atoms with van der Waals surface area (Å²) in [6.07, 6.45) is 9.61. The third-order valence-corrected chi connectivity index (χ3v) is 7.35. The number of esters is 2. The molecule has 0 saturated carbocycles. The van der Waals surface area contributed by atoms with Gasteiger partial charge in [0.05, 0.1) is 17.9 Å². The van der Waals surface area contributed by atoms with Gasteiger partial charge in [-0.15, -0.1) is 0 Å². The second-order valence-corrected chi connectivity index (χ2v) is 10.3. The molecule has 1 saturated heterocycles. The molecule has 3 rings (SSSR count). The van der Waals surface area contributed by atoms with Crippen LogP contribution in [0.25, 0.3) is 0 Å². The smallest absolute Gasteiger partial charge is 0.311 e. The maximum Gasteiger partial charge on any atom is 0.311 e. The van der Waals surface area contributed by atoms with Gasteiger partial charge in [0.2, 0.25) is 0 Å². The summed E-state index contributed by atoms with van der Waals surface area (Å²) in [7, 11) is 0. The molecule has 1 fully saturated rings. The number of rotatable bonds is 6. The van der Waals surface area contributed by atoms with Gasteiger partial charge in [-0.25, -0.2) is 0 Å². The van der Waals surface area contributed by atoms with Crippen molar-refractivity contribution in [1.29, 1.82) is 0 Å². The van der Waals surface area contributed by atoms with E-state index < -0.39 is 11.5 Å². The molecule has 1 heterocycles. The van der Waals surface area contributed by atoms with Crippen LogP contribution in [0.5, 0.6) is 0 Å². The van der Waals surface area contributed by atoms with Crippen molar-refractivity contribution in [2.24, 2.45) is 29.1 Å². The molecule has 5 heteroatoms. The molecule has 0 aromatic heterocycles. The predicted molar refractivity (Wildman–Crippen MR) is 115 cm³/mol. The van der Waals surface area contributed by atoms with Crippen LogP contribution in [0.3, 0.4) is 0 Å². The number of cyclic esters (lactones) is 1. The van der Waals surface area contributed by atoms with E-state index in [4.69, 9.17) is 9.47 Å². The molecule has 7 atom stereocenters. The Morgan fingerprint density at radius 1 is 1.27 bits per heavy atom. The predicted octanol–water partition coefficient (Wildman–Crippen LogP) is 4.59. The van der Waals surface area contributed by atoms with Gasteiger partial charge >= 0.3 is 11.9 Å². The molecule has 0 radical (unpaired) electrons. The van der Waals surface area contributed by atoms with E-state index in [0.29, 0.717) is 24.2 Å². The number of aliphatic hydroxyl groups is 1. The maximum absolute atomic E-state index is 12.9. The summed E-state index contributed by atoms with van der Waals surface area (Å²) >= 11 is 0. The summed E-state index contributed by atoms with van der Waals surface area (Å²) in [5, 5.41) is 9.92. The standard InChI is InChI=1S/C25H38O5/c1-6-25(4,5)24(28)30-21-12-15(2)11-17-8-7-16(3)20(23(17)21)10-9-19-13-18(26)14-22(27)29-19/h7-8,11,15-16,18-21,23,26H,6,9-10,12-14H2,1-5H3/t15-,16+,18-,19?,20+,21-,23?/m1/s1. The Balaban J connectivity index is 1.76. The van der Waals surface area contributed by atoms with E-state index in [1.807, 2.05) is 20.8 Å². The fourth-order valence-electron chi connectivity index (χ4n) is 5.08. The van der Waals surface area contributed by atoms with E-state index in [1.54, 1.807) is 0 Å². The number of aliphatic hydroxyl groups excluding tert-OH is 1. The normalized spacial score (nSPS) is 36.5. The van der Waals surface area contributed by atoms with Crippen molar-refractivity contribution in [3.05, 3.63) is 23.8 Å². The summed E-state index contributed by atoms with van der Waals surface area (Å²) in [5.41, 5.74) is 0.785. The second kappa shape index (κ2) is 9.25. The van der Waals surface area contributed by atoms with Crippen LogP contribution in [-0.2, 0) is 19.1 Å². The highest BCUT2D eigenvalue weighted by molar-refractivity contribution is 5.76. The van der Waals surface area contributed by atoms with Gasteiger partial charge in [0, 0.05) is 12.3 Å². The van der Waals surface area contributed by atoms with Crippen LogP contribution in [-0.4, -0.2) is 35.4 Å². The average Bonchev–Trinajstić information content (AvgIpc) is 2.66. The lowest BCUT2D eigenvalue weighted by molar-refractivity contribution is -0.166. The van der Waals surface area contributed by atoms with Gasteiger partial charge in [-0.2, -0.15) is 0 Å². The molecule has 168 valence electrons. The molecule has 1 aliphatic heterocycles. The lowest BCUT2D eigenvalue weighted by Gasteiger charge is -2.44. The molecule has 1 N–H and O–H groups in total. The van der Waals surface area contributed by atoms with E-state index >= 15 is 0 Å². The number of allylic oxidation sites excluding steroid dienone is 3. The summed E-state index contributed by atoms with van der Waals surface area (Å²) in [6.45, 7) is 10.3. The highest BCUT2D eigenvalue weighted by Gasteiger charge is 2.43. The Labute approximate surface area is 180 Å². The van der Waals surface area contributed by atoms with Crippen molar-refractivity contribution >= 4 is 11.9 Å². The van der Waals surface area contributed by atoms with Crippen LogP contribution in [0, 0.1) is 29.1 Å². The SMILES string of the molecule is CCC(C)(C)C(=O)O[C@@H]1C[C@H](C)C=C2C=C[C@H](C)[C@H](CCC3C[C@@H](O)CC(=O)O3)C21. The summed E-state index contributed by atoms with van der Waals surface area (Å²) < 4.78 is 11.6. The Morgan fingerprint density at radius 2 is 2.00 bits per heavy atom. The summed E-state index contributed by atoms with van der Waals surface area (Å²) in [4.78, 5) is 24.6. The molecular formula is C25H38O5. The lowest BCUT2D eigenvalue weighted by atomic mass is 9.65. The van der Waals surface area contributed by atoms with Gasteiger partial charge in [0.25, 0.3) is 0 Å². The quantitative estimate of drug-likeness (QED) is 0.639. The van der Waals surface area contributed by atoms with Gasteiger partial charge in [-0.1, -0.05) is 39.0 Å². The van der Waals surface area contributed by atoms with E-state index in [1.165, 1.54) is 5.57 Å². The molecule has 0 spiro atoms. The minimum atomic E-state index is -0.601. The topological polar surface area (TPSA) is 72.8 Å². The molecule has 5 nitrogen and oxygen atoms in total. The first-order valence-corrected chi connectivity index (χ1v) is 11.6. The van der Waals surface area contributed by atoms with Gasteiger partial charge in [-0.3, -0.25) is 9.59 Å². The number of ether oxygens (including phenoxy) is 2. The Kier molecular flexibility index (Phi) is 7.11. The molecule has 0 aromatic carbocycles. The van der Waals surface area contributed by atoms with Crippen molar-refractivity contribution in [1.82, 2.24) is 0 Å². The summed E-state index contributed by atoms with van der Waals surface area (Å²) in [6, 6.07) is 0. The molecule has 2 unspecified atom stereocenters. The maximum atomic E-state index is 12.9. The van der Waals surface area contributed by atoms with Crippen molar-refractivity contribution in [3.63, 3.8) is 0 Å². The molecular weight excluding hydrogens is 380 g/mol. The van der Waals surface area contributed by atoms with Gasteiger partial charge in [-0.05, 0) is 62.9 Å². The Hall–Kier alpha value is -1.62. The number of carbonyl (C=O) groups excluding carboxylic acids is 2. The van der Waals surface area contributed by atoms with Gasteiger partial charge in [0.15, 0.2) is 0 Å². The van der Waals surface area contributed by atoms with Crippen molar-refractivity contribution in [2.75, 3.05) is 0 Å². The highest BCUT2D eigenvalue weighted by Crippen LogP contribution is 2.45. The van der Waals surface area contributed by atoms with Crippen LogP contribution >= 0.6 is 0 Å². The minimum absolute atomic E-state index is 0.0949. The van der Waals surface area contributed by atoms with Gasteiger partial charge in [0.1, 0.15) is 12.2 Å². The molecule has 0 bridgehead atoms. The number of fused-ring (bicyclic) bond motifs is 1. The second-order valence-electron chi connectivity index (χ2n) is 10.3. The molecule has 2 aliphatic carbocycles. The zero-order valence-electron chi connectivity index (χ0n) is 19.1. The lowest BCUT2D eigenvalue weighted by Crippen LogP contribution is -2.43. The molecule has 0 amide bonds. The highest BCUT2D eigenvalue weighted by atomic mass is 16.6. The minimum Gasteiger partial charge on any atom is -0.462 e. The van der Waals surface area contributed by atoms with Crippen molar-refractivity contribution in [2.45, 2.75) is 91.5 Å². The first-order chi connectivity index (χ1) is 14.1. The first kappa shape index (κ1) is 23.1. The van der Waals surface area contributed by atoms with Crippen molar-refractivity contribution in [3.8, 4) is 0 Å². The van der Waals surface area contributed by atoms with Crippen LogP contribution in [0.15, 0.2) is 23.8 Å². The van der Waals surface area contributed by atoms with Crippen LogP contribution < -0.4 is 0 Å². The van der Waals surface area contributed by atoms with E-state index in [-0.39, 0.29) is 36.5 Å². The molecule has 0 aromatic rings. The number of hydrogen-bond acceptors (Lipinski definition) is 5. The monoisotopic (exact) mass is 418 g/mol. The third kappa shape index (κ3) is 5.16. The zero-order valence-corrected chi connectivity index (χ0v) is 19.1. The van der Waals surface area contributed by atoms with Crippen LogP contribution in [0.4, 0.5) is 0 Å². The van der Waals surface area contributed by atoms with Crippen LogP contribution in [0.2, 0.25) is 0 Å². The zero-order chi connectivity index (χ0) is 22.1. The number of hydrogen-bond donors (Lipinski definition) is 1. The fourth-order valence-corrected chi connectivity index (χ4v) is 5.08. The number of carbonyl (C=O) groups is 2. The van der Waals surface area contributed by atoms with E-state index in [9.17, 15) is 14.7 Å². The third-order valence-electron chi connectivity index (χ3n) is 7.35. The summed E-state index contributed by atoms with van der Waals surface area (Å²) in [5.74, 6) is 0.776. The molecule has 3 aliphatic rings.